The molecular formula is C21H24N2O5. The fourth-order valence-electron chi connectivity index (χ4n) is 3.22. The number of amides is 2. The summed E-state index contributed by atoms with van der Waals surface area (Å²) in [6.45, 7) is 0.677. The zero-order valence-corrected chi connectivity index (χ0v) is 16.2. The van der Waals surface area contributed by atoms with Crippen LogP contribution in [0.15, 0.2) is 42.5 Å². The number of hydrogen-bond donors (Lipinski definition) is 1. The summed E-state index contributed by atoms with van der Waals surface area (Å²) in [4.78, 5) is 26.6. The number of carbonyl (C=O) groups is 2. The van der Waals surface area contributed by atoms with Gasteiger partial charge in [-0.05, 0) is 36.4 Å². The first-order valence-electron chi connectivity index (χ1n) is 8.98. The van der Waals surface area contributed by atoms with E-state index < -0.39 is 0 Å². The SMILES string of the molecule is COc1ccc(N2C[C@H](C(=O)NCc3ccc(OC)cc3OC)CC2=O)cc1. The Labute approximate surface area is 164 Å². The lowest BCUT2D eigenvalue weighted by atomic mass is 10.1. The van der Waals surface area contributed by atoms with Crippen molar-refractivity contribution in [3.8, 4) is 17.2 Å². The van der Waals surface area contributed by atoms with Gasteiger partial charge in [-0.2, -0.15) is 0 Å². The fourth-order valence-corrected chi connectivity index (χ4v) is 3.22. The van der Waals surface area contributed by atoms with Gasteiger partial charge in [-0.3, -0.25) is 9.59 Å². The van der Waals surface area contributed by atoms with E-state index in [2.05, 4.69) is 5.32 Å². The summed E-state index contributed by atoms with van der Waals surface area (Å²) in [6.07, 6.45) is 0.192. The third-order valence-electron chi connectivity index (χ3n) is 4.83. The molecule has 0 aliphatic carbocycles. The summed E-state index contributed by atoms with van der Waals surface area (Å²) in [5, 5.41) is 2.91. The summed E-state index contributed by atoms with van der Waals surface area (Å²) < 4.78 is 15.7. The van der Waals surface area contributed by atoms with E-state index in [1.54, 1.807) is 44.4 Å². The van der Waals surface area contributed by atoms with E-state index in [1.807, 2.05) is 24.3 Å². The van der Waals surface area contributed by atoms with Gasteiger partial charge in [0.25, 0.3) is 0 Å². The van der Waals surface area contributed by atoms with Gasteiger partial charge in [0.05, 0.1) is 27.2 Å². The number of ether oxygens (including phenoxy) is 3. The van der Waals surface area contributed by atoms with Crippen LogP contribution >= 0.6 is 0 Å². The summed E-state index contributed by atoms with van der Waals surface area (Å²) >= 11 is 0. The van der Waals surface area contributed by atoms with Crippen LogP contribution in [0.3, 0.4) is 0 Å². The van der Waals surface area contributed by atoms with Crippen LogP contribution < -0.4 is 24.4 Å². The third kappa shape index (κ3) is 4.19. The molecule has 1 saturated heterocycles. The second-order valence-electron chi connectivity index (χ2n) is 6.50. The predicted octanol–water partition coefficient (Wildman–Crippen LogP) is 2.38. The predicted molar refractivity (Wildman–Crippen MR) is 105 cm³/mol. The van der Waals surface area contributed by atoms with Crippen molar-refractivity contribution in [1.82, 2.24) is 5.32 Å². The maximum atomic E-state index is 12.6. The number of rotatable bonds is 7. The standard InChI is InChI=1S/C21H24N2O5/c1-26-17-8-5-16(6-9-17)23-13-15(10-20(23)24)21(25)22-12-14-4-7-18(27-2)11-19(14)28-3/h4-9,11,15H,10,12-13H2,1-3H3,(H,22,25)/t15-/m1/s1. The zero-order valence-electron chi connectivity index (χ0n) is 16.2. The molecule has 7 heteroatoms. The van der Waals surface area contributed by atoms with Crippen LogP contribution in [-0.2, 0) is 16.1 Å². The second kappa shape index (κ2) is 8.65. The van der Waals surface area contributed by atoms with Crippen LogP contribution in [0.25, 0.3) is 0 Å². The number of hydrogen-bond acceptors (Lipinski definition) is 5. The number of methoxy groups -OCH3 is 3. The Kier molecular flexibility index (Phi) is 6.03. The average molecular weight is 384 g/mol. The van der Waals surface area contributed by atoms with E-state index in [9.17, 15) is 9.59 Å². The zero-order chi connectivity index (χ0) is 20.1. The largest absolute Gasteiger partial charge is 0.497 e. The summed E-state index contributed by atoms with van der Waals surface area (Å²) in [6, 6.07) is 12.7. The highest BCUT2D eigenvalue weighted by Gasteiger charge is 2.35. The average Bonchev–Trinajstić information content (AvgIpc) is 3.13. The first-order chi connectivity index (χ1) is 13.5. The molecule has 0 aromatic heterocycles. The smallest absolute Gasteiger partial charge is 0.227 e. The van der Waals surface area contributed by atoms with E-state index >= 15 is 0 Å². The molecule has 1 heterocycles. The molecule has 0 radical (unpaired) electrons. The minimum atomic E-state index is -0.390. The lowest BCUT2D eigenvalue weighted by Crippen LogP contribution is -2.32. The van der Waals surface area contributed by atoms with Gasteiger partial charge in [0.1, 0.15) is 17.2 Å². The molecule has 1 fully saturated rings. The highest BCUT2D eigenvalue weighted by atomic mass is 16.5. The molecular weight excluding hydrogens is 360 g/mol. The third-order valence-corrected chi connectivity index (χ3v) is 4.83. The molecule has 2 aromatic carbocycles. The number of nitrogens with one attached hydrogen (secondary N) is 1. The summed E-state index contributed by atoms with van der Waals surface area (Å²) in [7, 11) is 4.75. The van der Waals surface area contributed by atoms with Crippen LogP contribution in [0.4, 0.5) is 5.69 Å². The van der Waals surface area contributed by atoms with Gasteiger partial charge in [-0.1, -0.05) is 0 Å². The van der Waals surface area contributed by atoms with Crippen LogP contribution in [0.1, 0.15) is 12.0 Å². The fraction of sp³-hybridized carbons (Fsp3) is 0.333. The van der Waals surface area contributed by atoms with Crippen LogP contribution in [0.2, 0.25) is 0 Å². The first kappa shape index (κ1) is 19.5. The van der Waals surface area contributed by atoms with E-state index in [0.717, 1.165) is 17.0 Å². The molecule has 3 rings (SSSR count). The molecule has 2 aromatic rings. The molecule has 1 aliphatic rings. The quantitative estimate of drug-likeness (QED) is 0.793. The summed E-state index contributed by atoms with van der Waals surface area (Å²) in [5.74, 6) is 1.44. The van der Waals surface area contributed by atoms with E-state index in [4.69, 9.17) is 14.2 Å². The topological polar surface area (TPSA) is 77.1 Å². The summed E-state index contributed by atoms with van der Waals surface area (Å²) in [5.41, 5.74) is 1.60. The minimum Gasteiger partial charge on any atom is -0.497 e. The van der Waals surface area contributed by atoms with Gasteiger partial charge < -0.3 is 24.4 Å². The Morgan fingerprint density at radius 3 is 2.36 bits per heavy atom. The molecule has 0 unspecified atom stereocenters. The number of nitrogens with zero attached hydrogens (tertiary/aromatic N) is 1. The Morgan fingerprint density at radius 2 is 1.71 bits per heavy atom. The van der Waals surface area contributed by atoms with Gasteiger partial charge in [-0.25, -0.2) is 0 Å². The van der Waals surface area contributed by atoms with Gasteiger partial charge in [0.2, 0.25) is 11.8 Å². The highest BCUT2D eigenvalue weighted by Crippen LogP contribution is 2.28. The molecule has 2 amide bonds. The molecule has 7 nitrogen and oxygen atoms in total. The van der Waals surface area contributed by atoms with Crippen molar-refractivity contribution < 1.29 is 23.8 Å². The first-order valence-corrected chi connectivity index (χ1v) is 8.98. The van der Waals surface area contributed by atoms with Gasteiger partial charge in [0.15, 0.2) is 0 Å². The van der Waals surface area contributed by atoms with Crippen molar-refractivity contribution in [3.05, 3.63) is 48.0 Å². The van der Waals surface area contributed by atoms with Crippen molar-refractivity contribution in [3.63, 3.8) is 0 Å². The maximum absolute atomic E-state index is 12.6. The van der Waals surface area contributed by atoms with E-state index in [0.29, 0.717) is 24.6 Å². The molecule has 0 saturated carbocycles. The molecule has 1 atom stereocenters. The van der Waals surface area contributed by atoms with E-state index in [-0.39, 0.29) is 24.2 Å². The second-order valence-corrected chi connectivity index (χ2v) is 6.50. The van der Waals surface area contributed by atoms with Gasteiger partial charge in [0, 0.05) is 36.8 Å². The van der Waals surface area contributed by atoms with E-state index in [1.165, 1.54) is 0 Å². The monoisotopic (exact) mass is 384 g/mol. The van der Waals surface area contributed by atoms with Crippen molar-refractivity contribution in [1.29, 1.82) is 0 Å². The molecule has 0 bridgehead atoms. The lowest BCUT2D eigenvalue weighted by Gasteiger charge is -2.17. The molecule has 0 spiro atoms. The molecule has 28 heavy (non-hydrogen) atoms. The van der Waals surface area contributed by atoms with Gasteiger partial charge in [-0.15, -0.1) is 0 Å². The van der Waals surface area contributed by atoms with Crippen molar-refractivity contribution in [2.24, 2.45) is 5.92 Å². The lowest BCUT2D eigenvalue weighted by molar-refractivity contribution is -0.126. The number of carbonyl (C=O) groups excluding carboxylic acids is 2. The Bertz CT molecular complexity index is 850. The molecule has 148 valence electrons. The van der Waals surface area contributed by atoms with Crippen LogP contribution in [0.5, 0.6) is 17.2 Å². The van der Waals surface area contributed by atoms with Crippen molar-refractivity contribution in [2.45, 2.75) is 13.0 Å². The maximum Gasteiger partial charge on any atom is 0.227 e. The highest BCUT2D eigenvalue weighted by molar-refractivity contribution is 6.00. The Morgan fingerprint density at radius 1 is 1.04 bits per heavy atom. The minimum absolute atomic E-state index is 0.0626. The molecule has 1 aliphatic heterocycles. The number of benzene rings is 2. The van der Waals surface area contributed by atoms with Crippen LogP contribution in [0, 0.1) is 5.92 Å². The normalized spacial score (nSPS) is 16.0. The molecule has 1 N–H and O–H groups in total. The van der Waals surface area contributed by atoms with Crippen molar-refractivity contribution in [2.75, 3.05) is 32.8 Å². The van der Waals surface area contributed by atoms with Crippen molar-refractivity contribution >= 4 is 17.5 Å². The number of anilines is 1. The van der Waals surface area contributed by atoms with Crippen LogP contribution in [-0.4, -0.2) is 39.7 Å². The van der Waals surface area contributed by atoms with Gasteiger partial charge >= 0.3 is 0 Å². The Hall–Kier alpha value is -3.22. The Balaban J connectivity index is 1.61.